The molecule has 1 saturated carbocycles. The number of anilines is 1. The first-order valence-electron chi connectivity index (χ1n) is 6.18. The van der Waals surface area contributed by atoms with Crippen LogP contribution in [-0.4, -0.2) is 27.0 Å². The van der Waals surface area contributed by atoms with Crippen LogP contribution in [0.4, 0.5) is 5.82 Å². The number of aromatic nitrogens is 2. The second-order valence-corrected chi connectivity index (χ2v) is 4.93. The summed E-state index contributed by atoms with van der Waals surface area (Å²) in [4.78, 5) is 30.8. The van der Waals surface area contributed by atoms with E-state index in [2.05, 4.69) is 27.4 Å². The van der Waals surface area contributed by atoms with Crippen molar-refractivity contribution in [2.75, 3.05) is 5.32 Å². The van der Waals surface area contributed by atoms with Crippen LogP contribution >= 0.6 is 0 Å². The first-order valence-corrected chi connectivity index (χ1v) is 6.18. The van der Waals surface area contributed by atoms with Gasteiger partial charge in [-0.05, 0) is 24.7 Å². The summed E-state index contributed by atoms with van der Waals surface area (Å²) in [6.07, 6.45) is 8.73. The topological polar surface area (TPSA) is 92.2 Å². The second kappa shape index (κ2) is 4.46. The number of carboxylic acid groups (broad SMARTS) is 1. The molecule has 1 amide bonds. The third-order valence-electron chi connectivity index (χ3n) is 3.76. The van der Waals surface area contributed by atoms with Crippen molar-refractivity contribution in [2.45, 2.75) is 12.8 Å². The van der Waals surface area contributed by atoms with Gasteiger partial charge < -0.3 is 10.4 Å². The lowest BCUT2D eigenvalue weighted by molar-refractivity contribution is -0.120. The molecule has 0 radical (unpaired) electrons. The molecule has 3 atom stereocenters. The number of aromatic carboxylic acids is 1. The number of hydrogen-bond acceptors (Lipinski definition) is 4. The highest BCUT2D eigenvalue weighted by atomic mass is 16.4. The molecule has 1 fully saturated rings. The van der Waals surface area contributed by atoms with E-state index >= 15 is 0 Å². The summed E-state index contributed by atoms with van der Waals surface area (Å²) in [5.74, 6) is -0.669. The van der Waals surface area contributed by atoms with Crippen LogP contribution in [-0.2, 0) is 4.79 Å². The molecule has 3 unspecified atom stereocenters. The van der Waals surface area contributed by atoms with Crippen molar-refractivity contribution in [3.8, 4) is 0 Å². The molecule has 2 aliphatic rings. The van der Waals surface area contributed by atoms with Gasteiger partial charge in [0.05, 0.1) is 0 Å². The Bertz CT molecular complexity index is 570. The van der Waals surface area contributed by atoms with Gasteiger partial charge in [0.2, 0.25) is 5.91 Å². The van der Waals surface area contributed by atoms with Crippen LogP contribution in [0.25, 0.3) is 0 Å². The van der Waals surface area contributed by atoms with E-state index in [4.69, 9.17) is 5.11 Å². The number of carbonyl (C=O) groups excluding carboxylic acids is 1. The number of nitrogens with zero attached hydrogens (tertiary/aromatic N) is 2. The Kier molecular flexibility index (Phi) is 2.77. The average Bonchev–Trinajstić information content (AvgIpc) is 3.01. The Balaban J connectivity index is 1.77. The van der Waals surface area contributed by atoms with Crippen molar-refractivity contribution >= 4 is 17.7 Å². The standard InChI is InChI=1S/C13H13N3O3/c17-12(9-6-7-1-2-8(9)5-7)16-11-10(13(18)19)14-3-4-15-11/h1-4,7-9H,5-6H2,(H,18,19)(H,15,16,17). The van der Waals surface area contributed by atoms with E-state index in [0.29, 0.717) is 5.92 Å². The fraction of sp³-hybridized carbons (Fsp3) is 0.385. The molecule has 3 rings (SSSR count). The van der Waals surface area contributed by atoms with Crippen LogP contribution in [0.15, 0.2) is 24.5 Å². The van der Waals surface area contributed by atoms with Crippen molar-refractivity contribution in [3.05, 3.63) is 30.2 Å². The monoisotopic (exact) mass is 259 g/mol. The molecule has 0 spiro atoms. The van der Waals surface area contributed by atoms with Crippen LogP contribution < -0.4 is 5.32 Å². The van der Waals surface area contributed by atoms with Gasteiger partial charge in [-0.2, -0.15) is 0 Å². The largest absolute Gasteiger partial charge is 0.476 e. The fourth-order valence-corrected chi connectivity index (χ4v) is 2.88. The molecule has 2 N–H and O–H groups in total. The van der Waals surface area contributed by atoms with Crippen molar-refractivity contribution in [1.29, 1.82) is 0 Å². The van der Waals surface area contributed by atoms with Gasteiger partial charge in [-0.3, -0.25) is 4.79 Å². The normalized spacial score (nSPS) is 27.5. The molecule has 98 valence electrons. The van der Waals surface area contributed by atoms with E-state index in [0.717, 1.165) is 12.8 Å². The van der Waals surface area contributed by atoms with Gasteiger partial charge in [-0.1, -0.05) is 12.2 Å². The first-order chi connectivity index (χ1) is 9.15. The predicted molar refractivity (Wildman–Crippen MR) is 66.5 cm³/mol. The molecule has 1 heterocycles. The number of rotatable bonds is 3. The summed E-state index contributed by atoms with van der Waals surface area (Å²) in [5.41, 5.74) is -0.227. The second-order valence-electron chi connectivity index (χ2n) is 4.93. The zero-order valence-electron chi connectivity index (χ0n) is 10.1. The number of hydrogen-bond donors (Lipinski definition) is 2. The molecule has 19 heavy (non-hydrogen) atoms. The Morgan fingerprint density at radius 3 is 2.63 bits per heavy atom. The van der Waals surface area contributed by atoms with Gasteiger partial charge in [-0.25, -0.2) is 14.8 Å². The van der Waals surface area contributed by atoms with Gasteiger partial charge in [0.15, 0.2) is 11.5 Å². The highest BCUT2D eigenvalue weighted by molar-refractivity contribution is 5.98. The number of amides is 1. The summed E-state index contributed by atoms with van der Waals surface area (Å²) in [5, 5.41) is 11.6. The molecule has 2 aliphatic carbocycles. The lowest BCUT2D eigenvalue weighted by Gasteiger charge is -2.17. The molecular weight excluding hydrogens is 246 g/mol. The Morgan fingerprint density at radius 2 is 2.00 bits per heavy atom. The fourth-order valence-electron chi connectivity index (χ4n) is 2.88. The zero-order valence-corrected chi connectivity index (χ0v) is 10.1. The highest BCUT2D eigenvalue weighted by Gasteiger charge is 2.40. The Labute approximate surface area is 109 Å². The molecular formula is C13H13N3O3. The number of nitrogens with one attached hydrogen (secondary N) is 1. The van der Waals surface area contributed by atoms with E-state index in [1.54, 1.807) is 0 Å². The molecule has 1 aromatic heterocycles. The van der Waals surface area contributed by atoms with Crippen molar-refractivity contribution in [1.82, 2.24) is 9.97 Å². The van der Waals surface area contributed by atoms with E-state index in [1.165, 1.54) is 12.4 Å². The summed E-state index contributed by atoms with van der Waals surface area (Å²) < 4.78 is 0. The van der Waals surface area contributed by atoms with Crippen LogP contribution in [0.1, 0.15) is 23.3 Å². The lowest BCUT2D eigenvalue weighted by Crippen LogP contribution is -2.27. The maximum absolute atomic E-state index is 12.2. The molecule has 6 heteroatoms. The molecule has 1 aromatic rings. The molecule has 6 nitrogen and oxygen atoms in total. The van der Waals surface area contributed by atoms with E-state index in [9.17, 15) is 9.59 Å². The van der Waals surface area contributed by atoms with Gasteiger partial charge in [-0.15, -0.1) is 0 Å². The quantitative estimate of drug-likeness (QED) is 0.799. The minimum Gasteiger partial charge on any atom is -0.476 e. The van der Waals surface area contributed by atoms with E-state index < -0.39 is 5.97 Å². The number of carbonyl (C=O) groups is 2. The highest BCUT2D eigenvalue weighted by Crippen LogP contribution is 2.43. The van der Waals surface area contributed by atoms with Crippen molar-refractivity contribution < 1.29 is 14.7 Å². The minimum atomic E-state index is -1.20. The molecule has 2 bridgehead atoms. The van der Waals surface area contributed by atoms with Crippen LogP contribution in [0.3, 0.4) is 0 Å². The predicted octanol–water partition coefficient (Wildman–Crippen LogP) is 1.33. The average molecular weight is 259 g/mol. The third kappa shape index (κ3) is 2.09. The van der Waals surface area contributed by atoms with E-state index in [1.807, 2.05) is 0 Å². The summed E-state index contributed by atoms with van der Waals surface area (Å²) in [7, 11) is 0. The summed E-state index contributed by atoms with van der Waals surface area (Å²) in [6.45, 7) is 0. The number of fused-ring (bicyclic) bond motifs is 2. The Hall–Kier alpha value is -2.24. The Morgan fingerprint density at radius 1 is 1.21 bits per heavy atom. The maximum atomic E-state index is 12.2. The van der Waals surface area contributed by atoms with Crippen LogP contribution in [0, 0.1) is 17.8 Å². The van der Waals surface area contributed by atoms with Gasteiger partial charge in [0.1, 0.15) is 0 Å². The van der Waals surface area contributed by atoms with Crippen LogP contribution in [0.2, 0.25) is 0 Å². The molecule has 0 aromatic carbocycles. The maximum Gasteiger partial charge on any atom is 0.358 e. The number of allylic oxidation sites excluding steroid dienone is 2. The summed E-state index contributed by atoms with van der Waals surface area (Å²) >= 11 is 0. The molecule has 0 saturated heterocycles. The SMILES string of the molecule is O=C(O)c1nccnc1NC(=O)C1CC2C=CC1C2. The first kappa shape index (κ1) is 11.8. The number of carboxylic acids is 1. The van der Waals surface area contributed by atoms with Gasteiger partial charge in [0.25, 0.3) is 0 Å². The van der Waals surface area contributed by atoms with Gasteiger partial charge in [0, 0.05) is 18.3 Å². The van der Waals surface area contributed by atoms with Crippen molar-refractivity contribution in [2.24, 2.45) is 17.8 Å². The molecule has 0 aliphatic heterocycles. The van der Waals surface area contributed by atoms with E-state index in [-0.39, 0.29) is 29.3 Å². The smallest absolute Gasteiger partial charge is 0.358 e. The summed E-state index contributed by atoms with van der Waals surface area (Å²) in [6, 6.07) is 0. The lowest BCUT2D eigenvalue weighted by atomic mass is 9.93. The van der Waals surface area contributed by atoms with Gasteiger partial charge >= 0.3 is 5.97 Å². The van der Waals surface area contributed by atoms with Crippen LogP contribution in [0.5, 0.6) is 0 Å². The third-order valence-corrected chi connectivity index (χ3v) is 3.76. The zero-order chi connectivity index (χ0) is 13.4. The van der Waals surface area contributed by atoms with Crippen molar-refractivity contribution in [3.63, 3.8) is 0 Å². The minimum absolute atomic E-state index is 0.0201.